The van der Waals surface area contributed by atoms with E-state index in [4.69, 9.17) is 14.2 Å². The fraction of sp³-hybridized carbons (Fsp3) is 0.500. The highest BCUT2D eigenvalue weighted by Gasteiger charge is 2.55. The maximum atomic E-state index is 11.7. The smallest absolute Gasteiger partial charge is 0.341 e. The molecule has 0 aromatic heterocycles. The van der Waals surface area contributed by atoms with Crippen molar-refractivity contribution < 1.29 is 29.2 Å². The van der Waals surface area contributed by atoms with Crippen LogP contribution in [-0.2, 0) is 25.6 Å². The van der Waals surface area contributed by atoms with Crippen LogP contribution in [0.25, 0.3) is 0 Å². The average molecular weight is 336 g/mol. The molecule has 1 heterocycles. The van der Waals surface area contributed by atoms with Crippen LogP contribution >= 0.6 is 0 Å². The quantitative estimate of drug-likeness (QED) is 0.503. The van der Waals surface area contributed by atoms with Crippen molar-refractivity contribution in [1.29, 1.82) is 0 Å². The third-order valence-corrected chi connectivity index (χ3v) is 3.94. The average Bonchev–Trinajstić information content (AvgIpc) is 2.90. The summed E-state index contributed by atoms with van der Waals surface area (Å²) in [4.78, 5) is 11.7. The molecule has 0 radical (unpaired) electrons. The van der Waals surface area contributed by atoms with Crippen molar-refractivity contribution in [1.82, 2.24) is 0 Å². The van der Waals surface area contributed by atoms with Crippen LogP contribution in [0.2, 0.25) is 0 Å². The van der Waals surface area contributed by atoms with Gasteiger partial charge in [0.1, 0.15) is 6.10 Å². The number of aliphatic hydroxyl groups excluding tert-OH is 1. The Morgan fingerprint density at radius 1 is 1.42 bits per heavy atom. The van der Waals surface area contributed by atoms with E-state index in [0.717, 1.165) is 18.4 Å². The molecule has 1 aliphatic heterocycles. The van der Waals surface area contributed by atoms with Gasteiger partial charge in [-0.05, 0) is 18.4 Å². The second kappa shape index (κ2) is 8.94. The lowest BCUT2D eigenvalue weighted by Crippen LogP contribution is -2.51. The van der Waals surface area contributed by atoms with Gasteiger partial charge in [-0.1, -0.05) is 36.4 Å². The number of carboxylic acids is 1. The number of hydrogen-bond acceptors (Lipinski definition) is 5. The van der Waals surface area contributed by atoms with Gasteiger partial charge in [-0.3, -0.25) is 0 Å². The molecule has 1 aromatic rings. The van der Waals surface area contributed by atoms with Gasteiger partial charge in [0.25, 0.3) is 0 Å². The van der Waals surface area contributed by atoms with Crippen LogP contribution < -0.4 is 0 Å². The Bertz CT molecular complexity index is 532. The number of hydrogen-bond donors (Lipinski definition) is 2. The summed E-state index contributed by atoms with van der Waals surface area (Å²) in [5.74, 6) is -1.25. The molecule has 1 aliphatic rings. The van der Waals surface area contributed by atoms with E-state index in [-0.39, 0.29) is 19.6 Å². The van der Waals surface area contributed by atoms with Crippen molar-refractivity contribution in [2.75, 3.05) is 13.2 Å². The molecule has 0 spiro atoms. The molecule has 6 nitrogen and oxygen atoms in total. The Morgan fingerprint density at radius 3 is 2.83 bits per heavy atom. The Morgan fingerprint density at radius 2 is 2.17 bits per heavy atom. The first-order valence-corrected chi connectivity index (χ1v) is 8.02. The molecule has 1 fully saturated rings. The third-order valence-electron chi connectivity index (χ3n) is 3.94. The van der Waals surface area contributed by atoms with Crippen LogP contribution in [0.4, 0.5) is 0 Å². The van der Waals surface area contributed by atoms with Gasteiger partial charge in [-0.2, -0.15) is 0 Å². The molecular weight excluding hydrogens is 312 g/mol. The fourth-order valence-electron chi connectivity index (χ4n) is 2.56. The molecule has 0 aliphatic carbocycles. The van der Waals surface area contributed by atoms with Gasteiger partial charge in [0.2, 0.25) is 5.60 Å². The Labute approximate surface area is 141 Å². The SMILES string of the molecule is C=CCCCO[C@@H]1C[C@H](O)[C@](COCc2ccccc2)(C(=O)O)O1. The van der Waals surface area contributed by atoms with Crippen molar-refractivity contribution in [3.8, 4) is 0 Å². The summed E-state index contributed by atoms with van der Waals surface area (Å²) in [5, 5.41) is 19.7. The standard InChI is InChI=1S/C18H24O6/c1-2-3-7-10-23-16-11-15(19)18(24-16,17(20)21)13-22-12-14-8-5-4-6-9-14/h2,4-6,8-9,15-16,19H,1,3,7,10-13H2,(H,20,21)/t15-,16-,18+/m0/s1. The number of benzene rings is 1. The maximum absolute atomic E-state index is 11.7. The summed E-state index contributed by atoms with van der Waals surface area (Å²) in [6.45, 7) is 4.05. The van der Waals surface area contributed by atoms with Crippen LogP contribution in [0, 0.1) is 0 Å². The van der Waals surface area contributed by atoms with Crippen LogP contribution in [0.5, 0.6) is 0 Å². The topological polar surface area (TPSA) is 85.2 Å². The summed E-state index contributed by atoms with van der Waals surface area (Å²) in [6.07, 6.45) is 1.53. The van der Waals surface area contributed by atoms with Crippen molar-refractivity contribution in [2.24, 2.45) is 0 Å². The number of aliphatic carboxylic acids is 1. The van der Waals surface area contributed by atoms with Crippen LogP contribution in [0.15, 0.2) is 43.0 Å². The monoisotopic (exact) mass is 336 g/mol. The van der Waals surface area contributed by atoms with E-state index in [1.807, 2.05) is 30.3 Å². The number of ether oxygens (including phenoxy) is 3. The summed E-state index contributed by atoms with van der Waals surface area (Å²) in [7, 11) is 0. The van der Waals surface area contributed by atoms with Crippen LogP contribution in [0.1, 0.15) is 24.8 Å². The zero-order valence-corrected chi connectivity index (χ0v) is 13.6. The first kappa shape index (κ1) is 18.6. The summed E-state index contributed by atoms with van der Waals surface area (Å²) in [6, 6.07) is 9.40. The first-order valence-electron chi connectivity index (χ1n) is 8.02. The van der Waals surface area contributed by atoms with Gasteiger partial charge in [0.05, 0.1) is 19.8 Å². The van der Waals surface area contributed by atoms with Crippen LogP contribution in [-0.4, -0.2) is 47.4 Å². The first-order chi connectivity index (χ1) is 11.6. The molecular formula is C18H24O6. The number of carboxylic acid groups (broad SMARTS) is 1. The van der Waals surface area contributed by atoms with E-state index in [1.54, 1.807) is 6.08 Å². The van der Waals surface area contributed by atoms with Gasteiger partial charge in [0, 0.05) is 6.42 Å². The molecule has 24 heavy (non-hydrogen) atoms. The minimum Gasteiger partial charge on any atom is -0.479 e. The molecule has 1 aromatic carbocycles. The lowest BCUT2D eigenvalue weighted by molar-refractivity contribution is -0.212. The number of aliphatic hydroxyl groups is 1. The zero-order chi connectivity index (χ0) is 17.4. The number of allylic oxidation sites excluding steroid dienone is 1. The van der Waals surface area contributed by atoms with Gasteiger partial charge >= 0.3 is 5.97 Å². The summed E-state index contributed by atoms with van der Waals surface area (Å²) in [5.41, 5.74) is -0.875. The van der Waals surface area contributed by atoms with Gasteiger partial charge in [-0.15, -0.1) is 6.58 Å². The van der Waals surface area contributed by atoms with E-state index in [0.29, 0.717) is 6.61 Å². The molecule has 6 heteroatoms. The fourth-order valence-corrected chi connectivity index (χ4v) is 2.56. The molecule has 132 valence electrons. The highest BCUT2D eigenvalue weighted by molar-refractivity contribution is 5.79. The second-order valence-electron chi connectivity index (χ2n) is 5.77. The molecule has 0 unspecified atom stereocenters. The zero-order valence-electron chi connectivity index (χ0n) is 13.6. The minimum absolute atomic E-state index is 0.106. The molecule has 0 saturated carbocycles. The van der Waals surface area contributed by atoms with E-state index >= 15 is 0 Å². The predicted octanol–water partition coefficient (Wildman–Crippen LogP) is 2.12. The van der Waals surface area contributed by atoms with Crippen molar-refractivity contribution >= 4 is 5.97 Å². The molecule has 1 saturated heterocycles. The highest BCUT2D eigenvalue weighted by Crippen LogP contribution is 2.32. The van der Waals surface area contributed by atoms with E-state index < -0.39 is 24.0 Å². The molecule has 3 atom stereocenters. The number of unbranched alkanes of at least 4 members (excludes halogenated alkanes) is 1. The van der Waals surface area contributed by atoms with Crippen molar-refractivity contribution in [3.05, 3.63) is 48.6 Å². The van der Waals surface area contributed by atoms with E-state index in [1.165, 1.54) is 0 Å². The third kappa shape index (κ3) is 4.64. The van der Waals surface area contributed by atoms with Crippen molar-refractivity contribution in [3.63, 3.8) is 0 Å². The summed E-state index contributed by atoms with van der Waals surface area (Å²) < 4.78 is 16.5. The molecule has 2 rings (SSSR count). The number of rotatable bonds is 10. The molecule has 0 amide bonds. The second-order valence-corrected chi connectivity index (χ2v) is 5.77. The number of carbonyl (C=O) groups is 1. The maximum Gasteiger partial charge on any atom is 0.341 e. The van der Waals surface area contributed by atoms with Gasteiger partial charge in [0.15, 0.2) is 6.29 Å². The lowest BCUT2D eigenvalue weighted by Gasteiger charge is -2.27. The largest absolute Gasteiger partial charge is 0.479 e. The molecule has 2 N–H and O–H groups in total. The van der Waals surface area contributed by atoms with Gasteiger partial charge in [-0.25, -0.2) is 4.79 Å². The summed E-state index contributed by atoms with van der Waals surface area (Å²) >= 11 is 0. The lowest BCUT2D eigenvalue weighted by atomic mass is 9.98. The normalized spacial score (nSPS) is 26.4. The Hall–Kier alpha value is -1.73. The van der Waals surface area contributed by atoms with Crippen LogP contribution in [0.3, 0.4) is 0 Å². The Balaban J connectivity index is 1.89. The van der Waals surface area contributed by atoms with E-state index in [9.17, 15) is 15.0 Å². The predicted molar refractivity (Wildman–Crippen MR) is 87.3 cm³/mol. The van der Waals surface area contributed by atoms with Gasteiger partial charge < -0.3 is 24.4 Å². The molecule has 0 bridgehead atoms. The van der Waals surface area contributed by atoms with E-state index in [2.05, 4.69) is 6.58 Å². The Kier molecular flexibility index (Phi) is 6.93. The minimum atomic E-state index is -1.79. The van der Waals surface area contributed by atoms with Crippen molar-refractivity contribution in [2.45, 2.75) is 43.9 Å². The highest BCUT2D eigenvalue weighted by atomic mass is 16.7.